The van der Waals surface area contributed by atoms with Crippen LogP contribution in [0.5, 0.6) is 0 Å². The zero-order valence-electron chi connectivity index (χ0n) is 11.8. The number of anilines is 1. The number of hydrogen-bond donors (Lipinski definition) is 2. The highest BCUT2D eigenvalue weighted by atomic mass is 16.6. The molecule has 0 unspecified atom stereocenters. The number of hydrogen-bond acceptors (Lipinski definition) is 3. The molecule has 1 amide bonds. The lowest BCUT2D eigenvalue weighted by Gasteiger charge is -2.07. The highest BCUT2D eigenvalue weighted by molar-refractivity contribution is 5.78. The van der Waals surface area contributed by atoms with Gasteiger partial charge in [-0.15, -0.1) is 0 Å². The fourth-order valence-electron chi connectivity index (χ4n) is 2.46. The Labute approximate surface area is 124 Å². The first-order chi connectivity index (χ1) is 10.3. The maximum atomic E-state index is 11.9. The normalized spacial score (nSPS) is 12.6. The van der Waals surface area contributed by atoms with Crippen LogP contribution in [0.4, 0.5) is 5.69 Å². The van der Waals surface area contributed by atoms with E-state index in [9.17, 15) is 4.79 Å². The molecule has 1 heterocycles. The Hall–Kier alpha value is -2.33. The summed E-state index contributed by atoms with van der Waals surface area (Å²) in [5.74, 6) is -0.128. The van der Waals surface area contributed by atoms with Crippen LogP contribution in [-0.2, 0) is 29.1 Å². The first kappa shape index (κ1) is 13.6. The van der Waals surface area contributed by atoms with Crippen molar-refractivity contribution in [3.8, 4) is 0 Å². The van der Waals surface area contributed by atoms with E-state index in [4.69, 9.17) is 4.84 Å². The van der Waals surface area contributed by atoms with Gasteiger partial charge in [0.2, 0.25) is 5.91 Å². The van der Waals surface area contributed by atoms with Gasteiger partial charge in [-0.1, -0.05) is 42.5 Å². The van der Waals surface area contributed by atoms with E-state index in [0.29, 0.717) is 13.0 Å². The second-order valence-corrected chi connectivity index (χ2v) is 5.14. The molecule has 0 aromatic heterocycles. The van der Waals surface area contributed by atoms with Gasteiger partial charge in [0.1, 0.15) is 0 Å². The third-order valence-electron chi connectivity index (χ3n) is 3.51. The number of benzene rings is 2. The Morgan fingerprint density at radius 3 is 2.86 bits per heavy atom. The number of fused-ring (bicyclic) bond motifs is 1. The van der Waals surface area contributed by atoms with E-state index >= 15 is 0 Å². The molecule has 2 aromatic rings. The fourth-order valence-corrected chi connectivity index (χ4v) is 2.46. The lowest BCUT2D eigenvalue weighted by Crippen LogP contribution is -2.25. The molecular weight excluding hydrogens is 264 g/mol. The third kappa shape index (κ3) is 3.61. The van der Waals surface area contributed by atoms with Gasteiger partial charge in [-0.2, -0.15) is 0 Å². The van der Waals surface area contributed by atoms with Crippen molar-refractivity contribution < 1.29 is 9.63 Å². The zero-order chi connectivity index (χ0) is 14.5. The topological polar surface area (TPSA) is 50.4 Å². The molecule has 2 N–H and O–H groups in total. The number of carbonyl (C=O) groups is 1. The Morgan fingerprint density at radius 2 is 2.00 bits per heavy atom. The molecule has 0 bridgehead atoms. The van der Waals surface area contributed by atoms with Crippen molar-refractivity contribution in [3.05, 3.63) is 65.2 Å². The maximum Gasteiger partial charge on any atom is 0.247 e. The molecule has 1 aliphatic heterocycles. The van der Waals surface area contributed by atoms with Gasteiger partial charge in [0.25, 0.3) is 0 Å². The summed E-state index contributed by atoms with van der Waals surface area (Å²) < 4.78 is 0. The summed E-state index contributed by atoms with van der Waals surface area (Å²) in [7, 11) is 0. The third-order valence-corrected chi connectivity index (χ3v) is 3.51. The molecule has 2 aromatic carbocycles. The minimum absolute atomic E-state index is 0.128. The van der Waals surface area contributed by atoms with Crippen molar-refractivity contribution in [1.29, 1.82) is 0 Å². The average Bonchev–Trinajstić information content (AvgIpc) is 2.96. The molecule has 0 radical (unpaired) electrons. The predicted molar refractivity (Wildman–Crippen MR) is 81.7 cm³/mol. The van der Waals surface area contributed by atoms with Crippen molar-refractivity contribution in [1.82, 2.24) is 5.48 Å². The monoisotopic (exact) mass is 282 g/mol. The molecule has 0 fully saturated rings. The van der Waals surface area contributed by atoms with E-state index in [0.717, 1.165) is 24.1 Å². The quantitative estimate of drug-likeness (QED) is 0.828. The molecule has 0 spiro atoms. The lowest BCUT2D eigenvalue weighted by molar-refractivity contribution is -0.133. The molecule has 0 atom stereocenters. The largest absolute Gasteiger partial charge is 0.384 e. The van der Waals surface area contributed by atoms with Crippen molar-refractivity contribution in [3.63, 3.8) is 0 Å². The van der Waals surface area contributed by atoms with Crippen LogP contribution in [0.1, 0.15) is 16.7 Å². The van der Waals surface area contributed by atoms with E-state index in [1.165, 1.54) is 11.3 Å². The van der Waals surface area contributed by atoms with Crippen LogP contribution < -0.4 is 10.8 Å². The minimum Gasteiger partial charge on any atom is -0.384 e. The fraction of sp³-hybridized carbons (Fsp3) is 0.235. The van der Waals surface area contributed by atoms with Gasteiger partial charge in [-0.25, -0.2) is 5.48 Å². The van der Waals surface area contributed by atoms with Gasteiger partial charge in [-0.05, 0) is 29.2 Å². The number of carbonyl (C=O) groups excluding carboxylic acids is 1. The van der Waals surface area contributed by atoms with Crippen molar-refractivity contribution >= 4 is 11.6 Å². The van der Waals surface area contributed by atoms with Gasteiger partial charge >= 0.3 is 0 Å². The Kier molecular flexibility index (Phi) is 4.17. The summed E-state index contributed by atoms with van der Waals surface area (Å²) >= 11 is 0. The molecule has 3 rings (SSSR count). The average molecular weight is 282 g/mol. The highest BCUT2D eigenvalue weighted by Crippen LogP contribution is 2.23. The standard InChI is InChI=1S/C17H18N2O2/c20-17(19-21-12-13-4-2-1-3-5-13)11-14-6-7-16-15(10-14)8-9-18-16/h1-7,10,18H,8-9,11-12H2,(H,19,20). The van der Waals surface area contributed by atoms with Gasteiger partial charge in [-0.3, -0.25) is 9.63 Å². The molecule has 4 heteroatoms. The molecule has 21 heavy (non-hydrogen) atoms. The Bertz CT molecular complexity index is 626. The van der Waals surface area contributed by atoms with E-state index in [1.54, 1.807) is 0 Å². The van der Waals surface area contributed by atoms with Gasteiger partial charge in [0.15, 0.2) is 0 Å². The molecule has 0 aliphatic carbocycles. The highest BCUT2D eigenvalue weighted by Gasteiger charge is 2.11. The van der Waals surface area contributed by atoms with Gasteiger partial charge in [0, 0.05) is 12.2 Å². The molecule has 4 nitrogen and oxygen atoms in total. The van der Waals surface area contributed by atoms with Crippen LogP contribution >= 0.6 is 0 Å². The summed E-state index contributed by atoms with van der Waals surface area (Å²) in [6.07, 6.45) is 1.36. The molecule has 0 saturated heterocycles. The summed E-state index contributed by atoms with van der Waals surface area (Å²) in [5, 5.41) is 3.31. The second-order valence-electron chi connectivity index (χ2n) is 5.14. The number of amides is 1. The summed E-state index contributed by atoms with van der Waals surface area (Å²) in [6, 6.07) is 15.9. The lowest BCUT2D eigenvalue weighted by atomic mass is 10.1. The number of nitrogens with one attached hydrogen (secondary N) is 2. The summed E-state index contributed by atoms with van der Waals surface area (Å²) in [4.78, 5) is 17.1. The van der Waals surface area contributed by atoms with E-state index in [-0.39, 0.29) is 5.91 Å². The Balaban J connectivity index is 1.48. The van der Waals surface area contributed by atoms with Crippen LogP contribution in [0.15, 0.2) is 48.5 Å². The Morgan fingerprint density at radius 1 is 1.14 bits per heavy atom. The summed E-state index contributed by atoms with van der Waals surface area (Å²) in [5.41, 5.74) is 7.00. The smallest absolute Gasteiger partial charge is 0.247 e. The molecular formula is C17H18N2O2. The van der Waals surface area contributed by atoms with Crippen LogP contribution in [-0.4, -0.2) is 12.5 Å². The van der Waals surface area contributed by atoms with Crippen LogP contribution in [0.3, 0.4) is 0 Å². The van der Waals surface area contributed by atoms with E-state index in [1.807, 2.05) is 42.5 Å². The first-order valence-electron chi connectivity index (χ1n) is 7.11. The zero-order valence-corrected chi connectivity index (χ0v) is 11.8. The van der Waals surface area contributed by atoms with Crippen LogP contribution in [0.25, 0.3) is 0 Å². The SMILES string of the molecule is O=C(Cc1ccc2c(c1)CCN2)NOCc1ccccc1. The minimum atomic E-state index is -0.128. The summed E-state index contributed by atoms with van der Waals surface area (Å²) in [6.45, 7) is 1.35. The maximum absolute atomic E-state index is 11.9. The predicted octanol–water partition coefficient (Wildman–Crippen LogP) is 2.45. The van der Waals surface area contributed by atoms with Crippen LogP contribution in [0.2, 0.25) is 0 Å². The van der Waals surface area contributed by atoms with E-state index in [2.05, 4.69) is 16.9 Å². The number of hydroxylamine groups is 1. The van der Waals surface area contributed by atoms with Gasteiger partial charge < -0.3 is 5.32 Å². The van der Waals surface area contributed by atoms with Crippen molar-refractivity contribution in [2.45, 2.75) is 19.4 Å². The van der Waals surface area contributed by atoms with Crippen LogP contribution in [0, 0.1) is 0 Å². The van der Waals surface area contributed by atoms with E-state index < -0.39 is 0 Å². The number of rotatable bonds is 5. The second kappa shape index (κ2) is 6.41. The van der Waals surface area contributed by atoms with Crippen molar-refractivity contribution in [2.24, 2.45) is 0 Å². The van der Waals surface area contributed by atoms with Gasteiger partial charge in [0.05, 0.1) is 13.0 Å². The molecule has 1 aliphatic rings. The first-order valence-corrected chi connectivity index (χ1v) is 7.11. The van der Waals surface area contributed by atoms with Crippen molar-refractivity contribution in [2.75, 3.05) is 11.9 Å². The molecule has 0 saturated carbocycles. The molecule has 108 valence electrons.